The average molecular weight is 331 g/mol. The average Bonchev–Trinajstić information content (AvgIpc) is 2.55. The molecule has 1 rings (SSSR count). The molecule has 0 radical (unpaired) electrons. The Labute approximate surface area is 145 Å². The van der Waals surface area contributed by atoms with Gasteiger partial charge >= 0.3 is 0 Å². The van der Waals surface area contributed by atoms with Crippen molar-refractivity contribution < 1.29 is 14.3 Å². The molecular weight excluding hydrogens is 302 g/mol. The quantitative estimate of drug-likeness (QED) is 0.546. The molecule has 4 heteroatoms. The minimum absolute atomic E-state index is 0.231. The molecule has 0 fully saturated rings. The Hall–Kier alpha value is -2.02. The van der Waals surface area contributed by atoms with Gasteiger partial charge in [-0.1, -0.05) is 40.0 Å². The summed E-state index contributed by atoms with van der Waals surface area (Å²) in [7, 11) is 1.51. The smallest absolute Gasteiger partial charge is 0.153 e. The lowest BCUT2D eigenvalue weighted by Crippen LogP contribution is -2.07. The van der Waals surface area contributed by atoms with Crippen molar-refractivity contribution in [2.45, 2.75) is 52.9 Å². The Kier molecular flexibility index (Phi) is 8.93. The maximum absolute atomic E-state index is 11.2. The molecule has 132 valence electrons. The molecule has 0 N–H and O–H groups in total. The zero-order chi connectivity index (χ0) is 17.9. The second kappa shape index (κ2) is 10.7. The van der Waals surface area contributed by atoms with Gasteiger partial charge in [0.1, 0.15) is 11.5 Å². The van der Waals surface area contributed by atoms with Crippen LogP contribution in [-0.4, -0.2) is 20.0 Å². The van der Waals surface area contributed by atoms with Gasteiger partial charge in [0.2, 0.25) is 0 Å². The Morgan fingerprint density at radius 2 is 1.92 bits per heavy atom. The summed E-state index contributed by atoms with van der Waals surface area (Å²) < 4.78 is 11.1. The van der Waals surface area contributed by atoms with Crippen LogP contribution in [0.2, 0.25) is 0 Å². The molecule has 0 amide bonds. The molecule has 1 atom stereocenters. The lowest BCUT2D eigenvalue weighted by molar-refractivity contribution is 0.112. The van der Waals surface area contributed by atoms with E-state index in [9.17, 15) is 4.79 Å². The molecule has 0 bridgehead atoms. The highest BCUT2D eigenvalue weighted by atomic mass is 16.5. The van der Waals surface area contributed by atoms with Gasteiger partial charge in [-0.15, -0.1) is 0 Å². The van der Waals surface area contributed by atoms with Crippen LogP contribution in [-0.2, 0) is 6.42 Å². The maximum atomic E-state index is 11.2. The molecule has 24 heavy (non-hydrogen) atoms. The highest BCUT2D eigenvalue weighted by Crippen LogP contribution is 2.29. The number of carbonyl (C=O) groups excluding carboxylic acids is 1. The van der Waals surface area contributed by atoms with E-state index in [0.29, 0.717) is 29.6 Å². The zero-order valence-corrected chi connectivity index (χ0v) is 15.3. The largest absolute Gasteiger partial charge is 0.496 e. The van der Waals surface area contributed by atoms with Crippen LogP contribution < -0.4 is 9.47 Å². The Balaban J connectivity index is 2.63. The van der Waals surface area contributed by atoms with Crippen molar-refractivity contribution in [1.29, 1.82) is 5.26 Å². The van der Waals surface area contributed by atoms with E-state index >= 15 is 0 Å². The summed E-state index contributed by atoms with van der Waals surface area (Å²) in [5, 5.41) is 8.97. The molecule has 0 saturated carbocycles. The molecule has 4 nitrogen and oxygen atoms in total. The van der Waals surface area contributed by atoms with E-state index in [1.807, 2.05) is 0 Å². The lowest BCUT2D eigenvalue weighted by atomic mass is 9.98. The van der Waals surface area contributed by atoms with E-state index in [1.165, 1.54) is 26.4 Å². The van der Waals surface area contributed by atoms with Crippen LogP contribution in [0.25, 0.3) is 0 Å². The van der Waals surface area contributed by atoms with Crippen LogP contribution in [0.1, 0.15) is 62.4 Å². The fraction of sp³-hybridized carbons (Fsp3) is 0.600. The maximum Gasteiger partial charge on any atom is 0.153 e. The Morgan fingerprint density at radius 3 is 2.50 bits per heavy atom. The summed E-state index contributed by atoms with van der Waals surface area (Å²) in [6.07, 6.45) is 5.65. The van der Waals surface area contributed by atoms with Gasteiger partial charge in [0.25, 0.3) is 0 Å². The number of hydrogen-bond donors (Lipinski definition) is 0. The van der Waals surface area contributed by atoms with Crippen LogP contribution >= 0.6 is 0 Å². The number of nitrogens with zero attached hydrogens (tertiary/aromatic N) is 1. The van der Waals surface area contributed by atoms with Gasteiger partial charge in [-0.3, -0.25) is 4.79 Å². The first kappa shape index (κ1) is 20.0. The minimum Gasteiger partial charge on any atom is -0.496 e. The third-order valence-electron chi connectivity index (χ3n) is 4.16. The van der Waals surface area contributed by atoms with Gasteiger partial charge in [-0.25, -0.2) is 0 Å². The number of nitriles is 1. The van der Waals surface area contributed by atoms with E-state index in [4.69, 9.17) is 14.7 Å². The lowest BCUT2D eigenvalue weighted by Gasteiger charge is -2.16. The zero-order valence-electron chi connectivity index (χ0n) is 15.3. The predicted molar refractivity (Wildman–Crippen MR) is 95.7 cm³/mol. The summed E-state index contributed by atoms with van der Waals surface area (Å²) in [4.78, 5) is 11.2. The van der Waals surface area contributed by atoms with Crippen molar-refractivity contribution in [2.75, 3.05) is 13.7 Å². The summed E-state index contributed by atoms with van der Waals surface area (Å²) >= 11 is 0. The van der Waals surface area contributed by atoms with Crippen molar-refractivity contribution in [2.24, 2.45) is 11.8 Å². The van der Waals surface area contributed by atoms with E-state index in [2.05, 4.69) is 26.8 Å². The first-order chi connectivity index (χ1) is 11.5. The van der Waals surface area contributed by atoms with Gasteiger partial charge in [-0.2, -0.15) is 5.26 Å². The van der Waals surface area contributed by atoms with Gasteiger partial charge in [0.05, 0.1) is 31.8 Å². The summed E-state index contributed by atoms with van der Waals surface area (Å²) in [6.45, 7) is 7.33. The molecule has 0 spiro atoms. The van der Waals surface area contributed by atoms with Crippen molar-refractivity contribution in [3.63, 3.8) is 0 Å². The number of aldehydes is 1. The third-order valence-corrected chi connectivity index (χ3v) is 4.16. The van der Waals surface area contributed by atoms with Crippen LogP contribution in [0.5, 0.6) is 11.5 Å². The fourth-order valence-electron chi connectivity index (χ4n) is 2.63. The number of benzene rings is 1. The molecule has 0 aliphatic rings. The molecule has 0 heterocycles. The van der Waals surface area contributed by atoms with Crippen molar-refractivity contribution >= 4 is 6.29 Å². The van der Waals surface area contributed by atoms with Crippen molar-refractivity contribution in [3.05, 3.63) is 23.3 Å². The van der Waals surface area contributed by atoms with E-state index in [0.717, 1.165) is 24.2 Å². The Bertz CT molecular complexity index is 561. The summed E-state index contributed by atoms with van der Waals surface area (Å²) in [5.41, 5.74) is 1.20. The van der Waals surface area contributed by atoms with Crippen LogP contribution in [0.4, 0.5) is 0 Å². The standard InChI is InChI=1S/C20H29NO3/c1-15(2)6-5-7-16(3)9-11-24-20-13-18(14-22)19(23-4)12-17(20)8-10-21/h12-16H,5-9,11H2,1-4H3. The number of methoxy groups -OCH3 is 1. The molecule has 1 unspecified atom stereocenters. The van der Waals surface area contributed by atoms with Gasteiger partial charge in [-0.05, 0) is 30.4 Å². The fourth-order valence-corrected chi connectivity index (χ4v) is 2.63. The molecule has 1 aromatic rings. The Morgan fingerprint density at radius 1 is 1.17 bits per heavy atom. The highest BCUT2D eigenvalue weighted by Gasteiger charge is 2.12. The predicted octanol–water partition coefficient (Wildman–Crippen LogP) is 4.81. The molecule has 1 aromatic carbocycles. The van der Waals surface area contributed by atoms with E-state index in [-0.39, 0.29) is 6.42 Å². The second-order valence-electron chi connectivity index (χ2n) is 6.72. The minimum atomic E-state index is 0.231. The molecule has 0 aliphatic heterocycles. The number of ether oxygens (including phenoxy) is 2. The van der Waals surface area contributed by atoms with Gasteiger partial charge in [0, 0.05) is 5.56 Å². The number of hydrogen-bond acceptors (Lipinski definition) is 4. The molecule has 0 aromatic heterocycles. The molecule has 0 aliphatic carbocycles. The monoisotopic (exact) mass is 331 g/mol. The highest BCUT2D eigenvalue weighted by molar-refractivity contribution is 5.80. The number of rotatable bonds is 11. The second-order valence-corrected chi connectivity index (χ2v) is 6.72. The first-order valence-corrected chi connectivity index (χ1v) is 8.67. The normalized spacial score (nSPS) is 11.8. The molecule has 0 saturated heterocycles. The van der Waals surface area contributed by atoms with Crippen molar-refractivity contribution in [3.8, 4) is 17.6 Å². The number of carbonyl (C=O) groups is 1. The van der Waals surface area contributed by atoms with Gasteiger partial charge < -0.3 is 9.47 Å². The van der Waals surface area contributed by atoms with E-state index in [1.54, 1.807) is 12.1 Å². The van der Waals surface area contributed by atoms with Crippen LogP contribution in [0.15, 0.2) is 12.1 Å². The van der Waals surface area contributed by atoms with E-state index < -0.39 is 0 Å². The topological polar surface area (TPSA) is 59.3 Å². The summed E-state index contributed by atoms with van der Waals surface area (Å²) in [5.74, 6) is 2.44. The SMILES string of the molecule is COc1cc(CC#N)c(OCCC(C)CCCC(C)C)cc1C=O. The summed E-state index contributed by atoms with van der Waals surface area (Å²) in [6, 6.07) is 5.51. The molecular formula is C20H29NO3. The van der Waals surface area contributed by atoms with Crippen LogP contribution in [0.3, 0.4) is 0 Å². The first-order valence-electron chi connectivity index (χ1n) is 8.67. The third kappa shape index (κ3) is 6.62. The van der Waals surface area contributed by atoms with Gasteiger partial charge in [0.15, 0.2) is 6.29 Å². The van der Waals surface area contributed by atoms with Crippen molar-refractivity contribution in [1.82, 2.24) is 0 Å². The van der Waals surface area contributed by atoms with Crippen LogP contribution in [0, 0.1) is 23.2 Å².